The predicted molar refractivity (Wildman–Crippen MR) is 100 cm³/mol. The molecule has 130 valence electrons. The summed E-state index contributed by atoms with van der Waals surface area (Å²) >= 11 is 1.72. The summed E-state index contributed by atoms with van der Waals surface area (Å²) in [5.41, 5.74) is 8.42. The minimum absolute atomic E-state index is 0.0716. The maximum absolute atomic E-state index is 12.5. The van der Waals surface area contributed by atoms with Gasteiger partial charge < -0.3 is 15.4 Å². The minimum atomic E-state index is -0.617. The second kappa shape index (κ2) is 8.42. The highest BCUT2D eigenvalue weighted by molar-refractivity contribution is 7.15. The van der Waals surface area contributed by atoms with Crippen molar-refractivity contribution in [2.45, 2.75) is 39.4 Å². The SMILES string of the molecule is COCC(N)C(=O)N(Cc1ccc(-c2ccccc2C)s1)C(C)C. The fourth-order valence-electron chi connectivity index (χ4n) is 2.60. The van der Waals surface area contributed by atoms with Gasteiger partial charge in [0.2, 0.25) is 5.91 Å². The molecule has 2 aromatic rings. The zero-order valence-electron chi connectivity index (χ0n) is 14.8. The number of carbonyl (C=O) groups excluding carboxylic acids is 1. The first kappa shape index (κ1) is 18.6. The Bertz CT molecular complexity index is 682. The number of aryl methyl sites for hydroxylation is 1. The molecule has 1 unspecified atom stereocenters. The lowest BCUT2D eigenvalue weighted by Gasteiger charge is -2.28. The van der Waals surface area contributed by atoms with E-state index in [0.717, 1.165) is 4.88 Å². The Morgan fingerprint density at radius 3 is 2.58 bits per heavy atom. The maximum atomic E-state index is 12.5. The van der Waals surface area contributed by atoms with Crippen molar-refractivity contribution < 1.29 is 9.53 Å². The van der Waals surface area contributed by atoms with Crippen LogP contribution < -0.4 is 5.73 Å². The molecule has 0 saturated carbocycles. The summed E-state index contributed by atoms with van der Waals surface area (Å²) in [4.78, 5) is 16.7. The summed E-state index contributed by atoms with van der Waals surface area (Å²) in [6, 6.07) is 12.0. The number of hydrogen-bond donors (Lipinski definition) is 1. The van der Waals surface area contributed by atoms with Crippen LogP contribution in [0.1, 0.15) is 24.3 Å². The number of methoxy groups -OCH3 is 1. The highest BCUT2D eigenvalue weighted by Gasteiger charge is 2.24. The van der Waals surface area contributed by atoms with Gasteiger partial charge in [-0.1, -0.05) is 24.3 Å². The second-order valence-electron chi connectivity index (χ2n) is 6.20. The standard InChI is InChI=1S/C19H26N2O2S/c1-13(2)21(19(22)17(20)12-23-4)11-15-9-10-18(24-15)16-8-6-5-7-14(16)3/h5-10,13,17H,11-12,20H2,1-4H3. The summed E-state index contributed by atoms with van der Waals surface area (Å²) in [5, 5.41) is 0. The Morgan fingerprint density at radius 2 is 1.96 bits per heavy atom. The molecule has 0 aliphatic carbocycles. The van der Waals surface area contributed by atoms with Crippen molar-refractivity contribution in [1.82, 2.24) is 4.90 Å². The van der Waals surface area contributed by atoms with Gasteiger partial charge in [-0.25, -0.2) is 0 Å². The molecule has 1 heterocycles. The normalized spacial score (nSPS) is 12.4. The Balaban J connectivity index is 2.17. The molecule has 0 aliphatic heterocycles. The fraction of sp³-hybridized carbons (Fsp3) is 0.421. The van der Waals surface area contributed by atoms with Crippen LogP contribution in [0.25, 0.3) is 10.4 Å². The maximum Gasteiger partial charge on any atom is 0.242 e. The van der Waals surface area contributed by atoms with Gasteiger partial charge in [0.25, 0.3) is 0 Å². The molecule has 1 aromatic carbocycles. The molecule has 5 heteroatoms. The molecule has 4 nitrogen and oxygen atoms in total. The van der Waals surface area contributed by atoms with Crippen molar-refractivity contribution >= 4 is 17.2 Å². The van der Waals surface area contributed by atoms with Crippen LogP contribution in [0.5, 0.6) is 0 Å². The third kappa shape index (κ3) is 4.44. The van der Waals surface area contributed by atoms with Gasteiger partial charge in [0, 0.05) is 22.9 Å². The molecule has 0 bridgehead atoms. The topological polar surface area (TPSA) is 55.6 Å². The van der Waals surface area contributed by atoms with Crippen molar-refractivity contribution in [1.29, 1.82) is 0 Å². The zero-order valence-corrected chi connectivity index (χ0v) is 15.6. The molecule has 24 heavy (non-hydrogen) atoms. The summed E-state index contributed by atoms with van der Waals surface area (Å²) in [7, 11) is 1.56. The van der Waals surface area contributed by atoms with Gasteiger partial charge >= 0.3 is 0 Å². The van der Waals surface area contributed by atoms with Crippen molar-refractivity contribution in [2.24, 2.45) is 5.73 Å². The summed E-state index contributed by atoms with van der Waals surface area (Å²) in [5.74, 6) is -0.0716. The van der Waals surface area contributed by atoms with Gasteiger partial charge in [0.15, 0.2) is 0 Å². The number of benzene rings is 1. The second-order valence-corrected chi connectivity index (χ2v) is 7.37. The van der Waals surface area contributed by atoms with Crippen molar-refractivity contribution in [3.63, 3.8) is 0 Å². The number of carbonyl (C=O) groups is 1. The molecule has 1 aromatic heterocycles. The van der Waals surface area contributed by atoms with Crippen LogP contribution in [0.4, 0.5) is 0 Å². The van der Waals surface area contributed by atoms with E-state index in [0.29, 0.717) is 6.54 Å². The molecule has 0 aliphatic rings. The van der Waals surface area contributed by atoms with E-state index >= 15 is 0 Å². The number of nitrogens with zero attached hydrogens (tertiary/aromatic N) is 1. The van der Waals surface area contributed by atoms with Gasteiger partial charge in [-0.15, -0.1) is 11.3 Å². The van der Waals surface area contributed by atoms with Crippen molar-refractivity contribution in [3.8, 4) is 10.4 Å². The lowest BCUT2D eigenvalue weighted by Crippen LogP contribution is -2.48. The molecule has 2 N–H and O–H groups in total. The number of rotatable bonds is 7. The summed E-state index contributed by atoms with van der Waals surface area (Å²) in [6.07, 6.45) is 0. The van der Waals surface area contributed by atoms with Gasteiger partial charge in [-0.2, -0.15) is 0 Å². The average Bonchev–Trinajstić information content (AvgIpc) is 3.00. The average molecular weight is 346 g/mol. The third-order valence-corrected chi connectivity index (χ3v) is 5.07. The van der Waals surface area contributed by atoms with Crippen molar-refractivity contribution in [2.75, 3.05) is 13.7 Å². The van der Waals surface area contributed by atoms with Crippen LogP contribution in [-0.2, 0) is 16.1 Å². The Hall–Kier alpha value is -1.69. The number of hydrogen-bond acceptors (Lipinski definition) is 4. The predicted octanol–water partition coefficient (Wildman–Crippen LogP) is 3.43. The molecule has 0 fully saturated rings. The van der Waals surface area contributed by atoms with Crippen LogP contribution >= 0.6 is 11.3 Å². The van der Waals surface area contributed by atoms with E-state index in [1.54, 1.807) is 18.4 Å². The summed E-state index contributed by atoms with van der Waals surface area (Å²) in [6.45, 7) is 6.94. The minimum Gasteiger partial charge on any atom is -0.383 e. The van der Waals surface area contributed by atoms with Crippen LogP contribution in [0, 0.1) is 6.92 Å². The quantitative estimate of drug-likeness (QED) is 0.835. The van der Waals surface area contributed by atoms with Crippen LogP contribution in [0.15, 0.2) is 36.4 Å². The van der Waals surface area contributed by atoms with Crippen LogP contribution in [0.3, 0.4) is 0 Å². The van der Waals surface area contributed by atoms with E-state index in [4.69, 9.17) is 10.5 Å². The van der Waals surface area contributed by atoms with E-state index in [1.165, 1.54) is 16.0 Å². The molecule has 1 amide bonds. The van der Waals surface area contributed by atoms with E-state index in [2.05, 4.69) is 37.3 Å². The van der Waals surface area contributed by atoms with E-state index in [1.807, 2.05) is 24.8 Å². The summed E-state index contributed by atoms with van der Waals surface area (Å²) < 4.78 is 5.01. The first-order valence-electron chi connectivity index (χ1n) is 8.13. The van der Waals surface area contributed by atoms with E-state index in [9.17, 15) is 4.79 Å². The zero-order chi connectivity index (χ0) is 17.7. The lowest BCUT2D eigenvalue weighted by atomic mass is 10.1. The van der Waals surface area contributed by atoms with Crippen LogP contribution in [0.2, 0.25) is 0 Å². The first-order valence-corrected chi connectivity index (χ1v) is 8.95. The molecule has 0 saturated heterocycles. The molecule has 2 rings (SSSR count). The molecule has 1 atom stereocenters. The highest BCUT2D eigenvalue weighted by atomic mass is 32.1. The lowest BCUT2D eigenvalue weighted by molar-refractivity contribution is -0.136. The van der Waals surface area contributed by atoms with Gasteiger partial charge in [-0.3, -0.25) is 4.79 Å². The van der Waals surface area contributed by atoms with Gasteiger partial charge in [-0.05, 0) is 44.0 Å². The number of thiophene rings is 1. The Labute approximate surface area is 148 Å². The van der Waals surface area contributed by atoms with Crippen LogP contribution in [-0.4, -0.2) is 36.6 Å². The van der Waals surface area contributed by atoms with Gasteiger partial charge in [0.05, 0.1) is 13.2 Å². The Kier molecular flexibility index (Phi) is 6.54. The number of ether oxygens (including phenoxy) is 1. The van der Waals surface area contributed by atoms with Crippen molar-refractivity contribution in [3.05, 3.63) is 46.8 Å². The number of nitrogens with two attached hydrogens (primary N) is 1. The molecular weight excluding hydrogens is 320 g/mol. The van der Waals surface area contributed by atoms with E-state index in [-0.39, 0.29) is 18.6 Å². The van der Waals surface area contributed by atoms with Gasteiger partial charge in [0.1, 0.15) is 6.04 Å². The fourth-order valence-corrected chi connectivity index (χ4v) is 3.70. The first-order chi connectivity index (χ1) is 11.4. The number of amides is 1. The molecule has 0 spiro atoms. The third-order valence-electron chi connectivity index (χ3n) is 3.97. The highest BCUT2D eigenvalue weighted by Crippen LogP contribution is 2.31. The smallest absolute Gasteiger partial charge is 0.242 e. The van der Waals surface area contributed by atoms with E-state index < -0.39 is 6.04 Å². The molecular formula is C19H26N2O2S. The monoisotopic (exact) mass is 346 g/mol. The Morgan fingerprint density at radius 1 is 1.25 bits per heavy atom. The molecule has 0 radical (unpaired) electrons. The largest absolute Gasteiger partial charge is 0.383 e.